The first-order valence-electron chi connectivity index (χ1n) is 10.1. The maximum atomic E-state index is 12.1. The predicted molar refractivity (Wildman–Crippen MR) is 111 cm³/mol. The van der Waals surface area contributed by atoms with Crippen molar-refractivity contribution in [1.29, 1.82) is 0 Å². The van der Waals surface area contributed by atoms with E-state index in [9.17, 15) is 9.59 Å². The van der Waals surface area contributed by atoms with E-state index in [0.29, 0.717) is 45.9 Å². The van der Waals surface area contributed by atoms with Crippen LogP contribution in [0.4, 0.5) is 4.79 Å². The molecule has 0 spiro atoms. The Kier molecular flexibility index (Phi) is 11.7. The molecule has 2 amide bonds. The van der Waals surface area contributed by atoms with Gasteiger partial charge in [0.25, 0.3) is 0 Å². The molecule has 28 heavy (non-hydrogen) atoms. The van der Waals surface area contributed by atoms with Crippen molar-refractivity contribution in [2.45, 2.75) is 73.8 Å². The van der Waals surface area contributed by atoms with Gasteiger partial charge in [0.15, 0.2) is 0 Å². The molecule has 166 valence electrons. The van der Waals surface area contributed by atoms with E-state index in [0.717, 1.165) is 6.42 Å². The van der Waals surface area contributed by atoms with Gasteiger partial charge in [-0.2, -0.15) is 0 Å². The second-order valence-electron chi connectivity index (χ2n) is 10.1. The minimum absolute atomic E-state index is 0.0234. The summed E-state index contributed by atoms with van der Waals surface area (Å²) in [6.07, 6.45) is 1.05. The normalized spacial score (nSPS) is 12.6. The number of carbonyl (C=O) groups excluding carboxylic acids is 2. The summed E-state index contributed by atoms with van der Waals surface area (Å²) >= 11 is 0. The second kappa shape index (κ2) is 12.3. The van der Waals surface area contributed by atoms with E-state index in [1.54, 1.807) is 0 Å². The van der Waals surface area contributed by atoms with Gasteiger partial charge in [-0.25, -0.2) is 4.79 Å². The molecule has 0 radical (unpaired) electrons. The van der Waals surface area contributed by atoms with Gasteiger partial charge in [-0.3, -0.25) is 4.79 Å². The summed E-state index contributed by atoms with van der Waals surface area (Å²) in [6, 6.07) is 0. The number of hydrogen-bond acceptors (Lipinski definition) is 5. The van der Waals surface area contributed by atoms with Crippen molar-refractivity contribution in [2.75, 3.05) is 39.5 Å². The number of amides is 2. The summed E-state index contributed by atoms with van der Waals surface area (Å²) in [6.45, 7) is 18.9. The Labute approximate surface area is 171 Å². The topological polar surface area (TPSA) is 85.9 Å². The lowest BCUT2D eigenvalue weighted by atomic mass is 9.74. The summed E-state index contributed by atoms with van der Waals surface area (Å²) < 4.78 is 15.9. The molecule has 2 N–H and O–H groups in total. The van der Waals surface area contributed by atoms with Crippen LogP contribution in [0.1, 0.15) is 68.2 Å². The van der Waals surface area contributed by atoms with E-state index >= 15 is 0 Å². The van der Waals surface area contributed by atoms with Gasteiger partial charge < -0.3 is 24.8 Å². The summed E-state index contributed by atoms with van der Waals surface area (Å²) in [7, 11) is 0. The van der Waals surface area contributed by atoms with Gasteiger partial charge in [0.1, 0.15) is 5.60 Å². The van der Waals surface area contributed by atoms with E-state index in [4.69, 9.17) is 14.2 Å². The molecule has 0 aromatic rings. The zero-order valence-electron chi connectivity index (χ0n) is 19.2. The molecular weight excluding hydrogens is 360 g/mol. The Hall–Kier alpha value is -1.34. The first-order valence-corrected chi connectivity index (χ1v) is 10.1. The van der Waals surface area contributed by atoms with Crippen LogP contribution in [0.5, 0.6) is 0 Å². The number of alkyl carbamates (subject to hydrolysis) is 1. The highest BCUT2D eigenvalue weighted by atomic mass is 16.6. The average molecular weight is 403 g/mol. The van der Waals surface area contributed by atoms with Crippen LogP contribution in [0, 0.1) is 10.8 Å². The third-order valence-corrected chi connectivity index (χ3v) is 3.50. The van der Waals surface area contributed by atoms with Crippen molar-refractivity contribution in [3.63, 3.8) is 0 Å². The first-order chi connectivity index (χ1) is 12.7. The predicted octanol–water partition coefficient (Wildman–Crippen LogP) is 3.51. The monoisotopic (exact) mass is 402 g/mol. The molecule has 0 aliphatic rings. The lowest BCUT2D eigenvalue weighted by Crippen LogP contribution is -2.34. The molecule has 0 saturated carbocycles. The highest BCUT2D eigenvalue weighted by Crippen LogP contribution is 2.35. The molecular formula is C21H42N2O5. The van der Waals surface area contributed by atoms with Gasteiger partial charge in [0.05, 0.1) is 26.4 Å². The molecule has 0 heterocycles. The Bertz CT molecular complexity index is 464. The van der Waals surface area contributed by atoms with Gasteiger partial charge in [0.2, 0.25) is 5.91 Å². The fourth-order valence-corrected chi connectivity index (χ4v) is 3.12. The third kappa shape index (κ3) is 18.0. The van der Waals surface area contributed by atoms with Crippen molar-refractivity contribution < 1.29 is 23.8 Å². The minimum atomic E-state index is -0.503. The molecule has 0 aromatic carbocycles. The van der Waals surface area contributed by atoms with Crippen molar-refractivity contribution in [3.8, 4) is 0 Å². The summed E-state index contributed by atoms with van der Waals surface area (Å²) in [4.78, 5) is 23.5. The standard InChI is InChI=1S/C21H42N2O5/c1-19(2,3)16-21(7,8)15-17(24)22-9-11-26-13-14-27-12-10-23-18(25)28-20(4,5)6/h9-16H2,1-8H3,(H,22,24)(H,23,25). The van der Waals surface area contributed by atoms with Crippen LogP contribution in [0.15, 0.2) is 0 Å². The minimum Gasteiger partial charge on any atom is -0.444 e. The molecule has 7 nitrogen and oxygen atoms in total. The number of nitrogens with one attached hydrogen (secondary N) is 2. The smallest absolute Gasteiger partial charge is 0.407 e. The second-order valence-corrected chi connectivity index (χ2v) is 10.1. The molecule has 0 fully saturated rings. The van der Waals surface area contributed by atoms with Crippen LogP contribution < -0.4 is 10.6 Å². The molecule has 7 heteroatoms. The maximum Gasteiger partial charge on any atom is 0.407 e. The van der Waals surface area contributed by atoms with Crippen molar-refractivity contribution >= 4 is 12.0 Å². The number of hydrogen-bond donors (Lipinski definition) is 2. The SMILES string of the molecule is CC(C)(C)CC(C)(C)CC(=O)NCCOCCOCCNC(=O)OC(C)(C)C. The molecule has 0 bridgehead atoms. The molecule has 0 aromatic heterocycles. The van der Waals surface area contributed by atoms with E-state index in [2.05, 4.69) is 45.3 Å². The van der Waals surface area contributed by atoms with E-state index in [-0.39, 0.29) is 16.7 Å². The Morgan fingerprint density at radius 1 is 0.750 bits per heavy atom. The van der Waals surface area contributed by atoms with Gasteiger partial charge in [-0.15, -0.1) is 0 Å². The number of carbonyl (C=O) groups is 2. The van der Waals surface area contributed by atoms with E-state index < -0.39 is 11.7 Å². The quantitative estimate of drug-likeness (QED) is 0.488. The average Bonchev–Trinajstić information content (AvgIpc) is 2.44. The molecule has 0 aliphatic heterocycles. The molecule has 0 atom stereocenters. The lowest BCUT2D eigenvalue weighted by Gasteiger charge is -2.31. The van der Waals surface area contributed by atoms with Gasteiger partial charge in [-0.05, 0) is 38.0 Å². The Balaban J connectivity index is 3.60. The zero-order valence-corrected chi connectivity index (χ0v) is 19.2. The highest BCUT2D eigenvalue weighted by Gasteiger charge is 2.27. The van der Waals surface area contributed by atoms with E-state index in [1.807, 2.05) is 20.8 Å². The lowest BCUT2D eigenvalue weighted by molar-refractivity contribution is -0.123. The zero-order chi connectivity index (χ0) is 21.8. The summed E-state index contributed by atoms with van der Waals surface area (Å²) in [5, 5.41) is 5.52. The van der Waals surface area contributed by atoms with Crippen LogP contribution in [0.2, 0.25) is 0 Å². The maximum absolute atomic E-state index is 12.1. The molecule has 0 aliphatic carbocycles. The number of ether oxygens (including phenoxy) is 3. The highest BCUT2D eigenvalue weighted by molar-refractivity contribution is 5.76. The fourth-order valence-electron chi connectivity index (χ4n) is 3.12. The summed E-state index contributed by atoms with van der Waals surface area (Å²) in [5.41, 5.74) is -0.323. The van der Waals surface area contributed by atoms with Crippen LogP contribution >= 0.6 is 0 Å². The Morgan fingerprint density at radius 2 is 1.25 bits per heavy atom. The van der Waals surface area contributed by atoms with Crippen molar-refractivity contribution in [2.24, 2.45) is 10.8 Å². The van der Waals surface area contributed by atoms with Crippen molar-refractivity contribution in [3.05, 3.63) is 0 Å². The third-order valence-electron chi connectivity index (χ3n) is 3.50. The van der Waals surface area contributed by atoms with Crippen LogP contribution in [-0.4, -0.2) is 57.1 Å². The molecule has 0 unspecified atom stereocenters. The van der Waals surface area contributed by atoms with Gasteiger partial charge in [-0.1, -0.05) is 34.6 Å². The van der Waals surface area contributed by atoms with Gasteiger partial charge in [0, 0.05) is 19.5 Å². The van der Waals surface area contributed by atoms with Crippen LogP contribution in [0.25, 0.3) is 0 Å². The fraction of sp³-hybridized carbons (Fsp3) is 0.905. The molecule has 0 rings (SSSR count). The number of rotatable bonds is 12. The van der Waals surface area contributed by atoms with E-state index in [1.165, 1.54) is 0 Å². The largest absolute Gasteiger partial charge is 0.444 e. The molecule has 0 saturated heterocycles. The summed E-state index contributed by atoms with van der Waals surface area (Å²) in [5.74, 6) is 0.0577. The van der Waals surface area contributed by atoms with Crippen molar-refractivity contribution in [1.82, 2.24) is 10.6 Å². The Morgan fingerprint density at radius 3 is 1.71 bits per heavy atom. The van der Waals surface area contributed by atoms with Gasteiger partial charge >= 0.3 is 6.09 Å². The van der Waals surface area contributed by atoms with Crippen LogP contribution in [-0.2, 0) is 19.0 Å². The van der Waals surface area contributed by atoms with Crippen LogP contribution in [0.3, 0.4) is 0 Å². The first kappa shape index (κ1) is 26.7.